The van der Waals surface area contributed by atoms with Crippen LogP contribution < -0.4 is 5.32 Å². The Morgan fingerprint density at radius 3 is 2.73 bits per heavy atom. The normalized spacial score (nSPS) is 15.8. The summed E-state index contributed by atoms with van der Waals surface area (Å²) in [5.74, 6) is -1.05. The molecular weight excluding hydrogens is 426 g/mol. The number of carbonyl (C=O) groups is 1. The second kappa shape index (κ2) is 8.69. The SMILES string of the molecule is Cc1ccc(C(=O)O)c(Nc2c(S(=O)N3CCOCC3)cnc3ccc(Cl)cc23)c1. The lowest BCUT2D eigenvalue weighted by Gasteiger charge is -2.26. The number of anilines is 2. The van der Waals surface area contributed by atoms with Crippen molar-refractivity contribution < 1.29 is 18.8 Å². The van der Waals surface area contributed by atoms with Crippen molar-refractivity contribution in [2.75, 3.05) is 31.6 Å². The number of aryl methyl sites for hydroxylation is 1. The van der Waals surface area contributed by atoms with E-state index in [-0.39, 0.29) is 5.56 Å². The zero-order valence-corrected chi connectivity index (χ0v) is 17.8. The van der Waals surface area contributed by atoms with E-state index in [1.165, 1.54) is 0 Å². The molecule has 2 N–H and O–H groups in total. The highest BCUT2D eigenvalue weighted by Crippen LogP contribution is 2.35. The number of hydrogen-bond acceptors (Lipinski definition) is 5. The number of morpholine rings is 1. The molecular formula is C21H20ClN3O4S. The summed E-state index contributed by atoms with van der Waals surface area (Å²) < 4.78 is 20.6. The molecule has 1 unspecified atom stereocenters. The number of hydrogen-bond donors (Lipinski definition) is 2. The molecule has 9 heteroatoms. The van der Waals surface area contributed by atoms with Gasteiger partial charge in [-0.15, -0.1) is 0 Å². The van der Waals surface area contributed by atoms with Gasteiger partial charge in [-0.05, 0) is 42.8 Å². The number of ether oxygens (including phenoxy) is 1. The van der Waals surface area contributed by atoms with E-state index in [1.807, 2.05) is 11.2 Å². The highest BCUT2D eigenvalue weighted by Gasteiger charge is 2.24. The number of benzene rings is 2. The fraction of sp³-hybridized carbons (Fsp3) is 0.238. The molecule has 0 aliphatic carbocycles. The van der Waals surface area contributed by atoms with E-state index < -0.39 is 17.0 Å². The topological polar surface area (TPSA) is 91.8 Å². The molecule has 30 heavy (non-hydrogen) atoms. The molecule has 156 valence electrons. The van der Waals surface area contributed by atoms with Crippen LogP contribution in [0.1, 0.15) is 15.9 Å². The van der Waals surface area contributed by atoms with Crippen LogP contribution >= 0.6 is 11.6 Å². The molecule has 0 amide bonds. The molecule has 0 bridgehead atoms. The van der Waals surface area contributed by atoms with Crippen LogP contribution in [0.5, 0.6) is 0 Å². The van der Waals surface area contributed by atoms with E-state index in [9.17, 15) is 14.1 Å². The fourth-order valence-electron chi connectivity index (χ4n) is 3.34. The number of halogens is 1. The number of pyridine rings is 1. The number of aromatic nitrogens is 1. The Balaban J connectivity index is 1.88. The third-order valence-corrected chi connectivity index (χ3v) is 6.61. The summed E-state index contributed by atoms with van der Waals surface area (Å²) in [6.07, 6.45) is 1.57. The van der Waals surface area contributed by atoms with Crippen LogP contribution in [0.25, 0.3) is 10.9 Å². The van der Waals surface area contributed by atoms with Crippen LogP contribution in [0, 0.1) is 6.92 Å². The third kappa shape index (κ3) is 4.17. The van der Waals surface area contributed by atoms with Gasteiger partial charge in [0.05, 0.1) is 40.6 Å². The summed E-state index contributed by atoms with van der Waals surface area (Å²) in [7, 11) is -1.50. The van der Waals surface area contributed by atoms with Gasteiger partial charge in [-0.25, -0.2) is 13.3 Å². The predicted octanol–water partition coefficient (Wildman–Crippen LogP) is 3.99. The summed E-state index contributed by atoms with van der Waals surface area (Å²) in [6.45, 7) is 3.95. The van der Waals surface area contributed by atoms with Crippen LogP contribution in [-0.4, -0.2) is 50.9 Å². The summed E-state index contributed by atoms with van der Waals surface area (Å²) in [4.78, 5) is 16.7. The molecule has 1 fully saturated rings. The van der Waals surface area contributed by atoms with Gasteiger partial charge in [0.2, 0.25) is 0 Å². The lowest BCUT2D eigenvalue weighted by atomic mass is 10.1. The Labute approximate surface area is 181 Å². The Kier molecular flexibility index (Phi) is 6.01. The largest absolute Gasteiger partial charge is 0.478 e. The highest BCUT2D eigenvalue weighted by molar-refractivity contribution is 7.82. The Morgan fingerprint density at radius 2 is 2.00 bits per heavy atom. The van der Waals surface area contributed by atoms with Gasteiger partial charge in [-0.3, -0.25) is 4.98 Å². The lowest BCUT2D eigenvalue weighted by Crippen LogP contribution is -2.37. The molecule has 3 aromatic rings. The van der Waals surface area contributed by atoms with Crippen LogP contribution in [-0.2, 0) is 15.7 Å². The van der Waals surface area contributed by atoms with Crippen molar-refractivity contribution >= 4 is 50.8 Å². The standard InChI is InChI=1S/C21H20ClN3O4S/c1-13-2-4-15(21(26)27)18(10-13)24-20-16-11-14(22)3-5-17(16)23-12-19(20)30(28)25-6-8-29-9-7-25/h2-5,10-12H,6-9H2,1H3,(H,23,24)(H,26,27). The number of nitrogens with one attached hydrogen (secondary N) is 1. The number of rotatable bonds is 5. The first kappa shape index (κ1) is 20.7. The number of aromatic carboxylic acids is 1. The molecule has 0 saturated carbocycles. The van der Waals surface area contributed by atoms with Crippen molar-refractivity contribution in [3.8, 4) is 0 Å². The minimum atomic E-state index is -1.50. The van der Waals surface area contributed by atoms with Crippen LogP contribution in [0.3, 0.4) is 0 Å². The maximum atomic E-state index is 13.4. The molecule has 7 nitrogen and oxygen atoms in total. The molecule has 0 radical (unpaired) electrons. The Morgan fingerprint density at radius 1 is 1.23 bits per heavy atom. The first-order valence-corrected chi connectivity index (χ1v) is 10.9. The van der Waals surface area contributed by atoms with Gasteiger partial charge in [0, 0.05) is 29.7 Å². The van der Waals surface area contributed by atoms with Crippen molar-refractivity contribution in [1.29, 1.82) is 0 Å². The maximum Gasteiger partial charge on any atom is 0.337 e. The average molecular weight is 446 g/mol. The highest BCUT2D eigenvalue weighted by atomic mass is 35.5. The second-order valence-electron chi connectivity index (χ2n) is 6.93. The van der Waals surface area contributed by atoms with Gasteiger partial charge in [0.1, 0.15) is 11.0 Å². The number of carboxylic acids is 1. The van der Waals surface area contributed by atoms with E-state index in [0.29, 0.717) is 58.5 Å². The van der Waals surface area contributed by atoms with E-state index in [2.05, 4.69) is 10.3 Å². The van der Waals surface area contributed by atoms with E-state index in [0.717, 1.165) is 5.56 Å². The number of carboxylic acid groups (broad SMARTS) is 1. The van der Waals surface area contributed by atoms with Crippen LogP contribution in [0.15, 0.2) is 47.5 Å². The first-order valence-electron chi connectivity index (χ1n) is 9.38. The number of nitrogens with zero attached hydrogens (tertiary/aromatic N) is 2. The predicted molar refractivity (Wildman–Crippen MR) is 117 cm³/mol. The van der Waals surface area contributed by atoms with Gasteiger partial charge in [0.25, 0.3) is 0 Å². The average Bonchev–Trinajstić information content (AvgIpc) is 2.74. The molecule has 1 aliphatic heterocycles. The molecule has 1 aromatic heterocycles. The van der Waals surface area contributed by atoms with Crippen molar-refractivity contribution in [3.05, 3.63) is 58.7 Å². The monoisotopic (exact) mass is 445 g/mol. The molecule has 4 rings (SSSR count). The second-order valence-corrected chi connectivity index (χ2v) is 8.82. The molecule has 2 aromatic carbocycles. The van der Waals surface area contributed by atoms with Crippen molar-refractivity contribution in [3.63, 3.8) is 0 Å². The Hall–Kier alpha value is -2.52. The van der Waals surface area contributed by atoms with Crippen molar-refractivity contribution in [1.82, 2.24) is 9.29 Å². The summed E-state index contributed by atoms with van der Waals surface area (Å²) in [5.41, 5.74) is 2.62. The Bertz CT molecular complexity index is 1150. The third-order valence-electron chi connectivity index (χ3n) is 4.85. The summed E-state index contributed by atoms with van der Waals surface area (Å²) >= 11 is 6.23. The van der Waals surface area contributed by atoms with E-state index >= 15 is 0 Å². The summed E-state index contributed by atoms with van der Waals surface area (Å²) in [5, 5.41) is 14.0. The van der Waals surface area contributed by atoms with Gasteiger partial charge in [0.15, 0.2) is 0 Å². The van der Waals surface area contributed by atoms with Gasteiger partial charge in [-0.2, -0.15) is 0 Å². The zero-order valence-electron chi connectivity index (χ0n) is 16.2. The first-order chi connectivity index (χ1) is 14.4. The minimum Gasteiger partial charge on any atom is -0.478 e. The smallest absolute Gasteiger partial charge is 0.337 e. The van der Waals surface area contributed by atoms with Crippen LogP contribution in [0.2, 0.25) is 5.02 Å². The molecule has 1 aliphatic rings. The molecule has 0 spiro atoms. The van der Waals surface area contributed by atoms with E-state index in [1.54, 1.807) is 42.6 Å². The lowest BCUT2D eigenvalue weighted by molar-refractivity contribution is 0.0698. The summed E-state index contributed by atoms with van der Waals surface area (Å²) in [6, 6.07) is 10.3. The van der Waals surface area contributed by atoms with Crippen LogP contribution in [0.4, 0.5) is 11.4 Å². The zero-order chi connectivity index (χ0) is 21.3. The molecule has 1 saturated heterocycles. The minimum absolute atomic E-state index is 0.121. The van der Waals surface area contributed by atoms with Gasteiger partial charge < -0.3 is 15.2 Å². The van der Waals surface area contributed by atoms with Crippen molar-refractivity contribution in [2.24, 2.45) is 0 Å². The molecule has 2 heterocycles. The van der Waals surface area contributed by atoms with Crippen molar-refractivity contribution in [2.45, 2.75) is 11.8 Å². The van der Waals surface area contributed by atoms with Gasteiger partial charge in [-0.1, -0.05) is 17.7 Å². The quantitative estimate of drug-likeness (QED) is 0.617. The number of fused-ring (bicyclic) bond motifs is 1. The van der Waals surface area contributed by atoms with E-state index in [4.69, 9.17) is 16.3 Å². The maximum absolute atomic E-state index is 13.4. The molecule has 1 atom stereocenters. The fourth-order valence-corrected chi connectivity index (χ4v) is 4.75. The van der Waals surface area contributed by atoms with Gasteiger partial charge >= 0.3 is 5.97 Å².